The highest BCUT2D eigenvalue weighted by Crippen LogP contribution is 2.50. The van der Waals surface area contributed by atoms with Crippen molar-refractivity contribution in [3.05, 3.63) is 81.9 Å². The number of nitrogens with one attached hydrogen (secondary N) is 1. The van der Waals surface area contributed by atoms with Crippen molar-refractivity contribution >= 4 is 40.2 Å². The molecular weight excluding hydrogens is 509 g/mol. The minimum atomic E-state index is -5.05. The van der Waals surface area contributed by atoms with Gasteiger partial charge in [0, 0.05) is 23.1 Å². The van der Waals surface area contributed by atoms with Crippen molar-refractivity contribution in [3.63, 3.8) is 0 Å². The fourth-order valence-electron chi connectivity index (χ4n) is 3.93. The molecule has 0 spiro atoms. The number of fused-ring (bicyclic) bond motifs is 1. The second-order valence-electron chi connectivity index (χ2n) is 7.77. The van der Waals surface area contributed by atoms with Gasteiger partial charge in [0.2, 0.25) is 0 Å². The Morgan fingerprint density at radius 2 is 1.94 bits per heavy atom. The smallest absolute Gasteiger partial charge is 0.399 e. The highest BCUT2D eigenvalue weighted by molar-refractivity contribution is 6.30. The summed E-state index contributed by atoms with van der Waals surface area (Å²) in [5.41, 5.74) is -3.35. The summed E-state index contributed by atoms with van der Waals surface area (Å²) in [6.07, 6.45) is -4.54. The number of nitrogens with zero attached hydrogens (tertiary/aromatic N) is 2. The van der Waals surface area contributed by atoms with E-state index < -0.39 is 46.3 Å². The van der Waals surface area contributed by atoms with E-state index in [2.05, 4.69) is 20.5 Å². The number of hydrogen-bond acceptors (Lipinski definition) is 5. The van der Waals surface area contributed by atoms with E-state index in [4.69, 9.17) is 16.4 Å². The third kappa shape index (κ3) is 4.46. The van der Waals surface area contributed by atoms with E-state index in [1.165, 1.54) is 25.5 Å². The van der Waals surface area contributed by atoms with Gasteiger partial charge in [0.15, 0.2) is 11.6 Å². The molecule has 0 saturated carbocycles. The average Bonchev–Trinajstić information content (AvgIpc) is 3.31. The highest BCUT2D eigenvalue weighted by atomic mass is 35.5. The van der Waals surface area contributed by atoms with Crippen molar-refractivity contribution in [3.8, 4) is 0 Å². The number of carbonyl (C=O) groups excluding carboxylic acids is 1. The Kier molecular flexibility index (Phi) is 6.85. The summed E-state index contributed by atoms with van der Waals surface area (Å²) in [5, 5.41) is 9.93. The molecule has 1 atom stereocenters. The van der Waals surface area contributed by atoms with Gasteiger partial charge in [-0.2, -0.15) is 13.2 Å². The van der Waals surface area contributed by atoms with E-state index in [9.17, 15) is 26.7 Å². The van der Waals surface area contributed by atoms with Crippen molar-refractivity contribution in [1.82, 2.24) is 5.32 Å². The fraction of sp³-hybridized carbons (Fsp3) is 0.208. The Bertz CT molecular complexity index is 1370. The van der Waals surface area contributed by atoms with Crippen LogP contribution < -0.4 is 5.32 Å². The molecule has 1 N–H and O–H groups in total. The van der Waals surface area contributed by atoms with Crippen molar-refractivity contribution in [2.75, 3.05) is 13.7 Å². The first-order chi connectivity index (χ1) is 17.1. The van der Waals surface area contributed by atoms with Gasteiger partial charge in [-0.15, -0.1) is 0 Å². The summed E-state index contributed by atoms with van der Waals surface area (Å²) in [6.45, 7) is 0.0915. The Balaban J connectivity index is 1.73. The minimum absolute atomic E-state index is 0.0915. The Labute approximate surface area is 206 Å². The van der Waals surface area contributed by atoms with E-state index in [1.807, 2.05) is 0 Å². The van der Waals surface area contributed by atoms with Gasteiger partial charge >= 0.3 is 6.18 Å². The number of amides is 1. The molecule has 1 aliphatic heterocycles. The monoisotopic (exact) mass is 525 g/mol. The molecule has 4 rings (SSSR count). The van der Waals surface area contributed by atoms with E-state index in [0.29, 0.717) is 22.9 Å². The van der Waals surface area contributed by atoms with E-state index in [1.54, 1.807) is 24.3 Å². The fourth-order valence-corrected chi connectivity index (χ4v) is 4.14. The quantitative estimate of drug-likeness (QED) is 0.194. The SMILES string of the molecule is CON=CCNC(=O)c1ccc(C2=NOC(c3cc(F)c(F)c(Cl)c3)(C(F)(F)F)C2)c2ccccc12. The summed E-state index contributed by atoms with van der Waals surface area (Å²) in [4.78, 5) is 22.1. The van der Waals surface area contributed by atoms with Gasteiger partial charge in [0.1, 0.15) is 7.11 Å². The van der Waals surface area contributed by atoms with Crippen LogP contribution >= 0.6 is 11.6 Å². The molecule has 1 aliphatic rings. The molecule has 0 saturated heterocycles. The summed E-state index contributed by atoms with van der Waals surface area (Å²) in [6, 6.07) is 10.6. The molecule has 0 fully saturated rings. The molecule has 0 radical (unpaired) electrons. The number of hydrogen-bond donors (Lipinski definition) is 1. The minimum Gasteiger partial charge on any atom is -0.399 e. The van der Waals surface area contributed by atoms with Crippen LogP contribution in [0.3, 0.4) is 0 Å². The third-order valence-electron chi connectivity index (χ3n) is 5.65. The van der Waals surface area contributed by atoms with Crippen molar-refractivity contribution in [2.45, 2.75) is 18.2 Å². The number of oxime groups is 2. The zero-order valence-corrected chi connectivity index (χ0v) is 19.3. The molecule has 188 valence electrons. The predicted molar refractivity (Wildman–Crippen MR) is 123 cm³/mol. The van der Waals surface area contributed by atoms with Gasteiger partial charge in [-0.3, -0.25) is 4.79 Å². The summed E-state index contributed by atoms with van der Waals surface area (Å²) in [5.74, 6) is -3.45. The molecular formula is C24H17ClF5N3O3. The van der Waals surface area contributed by atoms with Gasteiger partial charge in [-0.05, 0) is 29.0 Å². The van der Waals surface area contributed by atoms with Crippen LogP contribution in [0.25, 0.3) is 10.8 Å². The molecule has 0 aliphatic carbocycles. The maximum atomic E-state index is 14.3. The van der Waals surface area contributed by atoms with Gasteiger partial charge in [0.25, 0.3) is 11.5 Å². The lowest BCUT2D eigenvalue weighted by atomic mass is 9.85. The molecule has 0 bridgehead atoms. The molecule has 12 heteroatoms. The first kappa shape index (κ1) is 25.4. The molecule has 1 amide bonds. The second kappa shape index (κ2) is 9.73. The molecule has 1 unspecified atom stereocenters. The van der Waals surface area contributed by atoms with E-state index >= 15 is 0 Å². The van der Waals surface area contributed by atoms with Crippen LogP contribution in [0.4, 0.5) is 22.0 Å². The molecule has 36 heavy (non-hydrogen) atoms. The van der Waals surface area contributed by atoms with Crippen LogP contribution in [-0.2, 0) is 15.3 Å². The van der Waals surface area contributed by atoms with Crippen molar-refractivity contribution < 1.29 is 36.4 Å². The molecule has 3 aromatic carbocycles. The maximum Gasteiger partial charge on any atom is 0.435 e. The van der Waals surface area contributed by atoms with Crippen molar-refractivity contribution in [1.29, 1.82) is 0 Å². The van der Waals surface area contributed by atoms with Crippen LogP contribution in [0.2, 0.25) is 5.02 Å². The van der Waals surface area contributed by atoms with Crippen molar-refractivity contribution in [2.24, 2.45) is 10.3 Å². The van der Waals surface area contributed by atoms with Crippen LogP contribution in [0, 0.1) is 11.6 Å². The Morgan fingerprint density at radius 3 is 2.61 bits per heavy atom. The highest BCUT2D eigenvalue weighted by Gasteiger charge is 2.62. The van der Waals surface area contributed by atoms with E-state index in [-0.39, 0.29) is 23.4 Å². The van der Waals surface area contributed by atoms with Crippen LogP contribution in [-0.4, -0.2) is 37.7 Å². The molecule has 3 aromatic rings. The van der Waals surface area contributed by atoms with Gasteiger partial charge in [-0.1, -0.05) is 52.2 Å². The van der Waals surface area contributed by atoms with Crippen LogP contribution in [0.15, 0.2) is 58.8 Å². The lowest BCUT2D eigenvalue weighted by Crippen LogP contribution is -2.42. The molecule has 0 aromatic heterocycles. The largest absolute Gasteiger partial charge is 0.435 e. The van der Waals surface area contributed by atoms with Gasteiger partial charge < -0.3 is 15.0 Å². The van der Waals surface area contributed by atoms with Crippen LogP contribution in [0.5, 0.6) is 0 Å². The number of alkyl halides is 3. The zero-order chi connectivity index (χ0) is 26.1. The first-order valence-corrected chi connectivity index (χ1v) is 10.8. The predicted octanol–water partition coefficient (Wildman–Crippen LogP) is 5.72. The summed E-state index contributed by atoms with van der Waals surface area (Å²) >= 11 is 5.61. The average molecular weight is 526 g/mol. The molecule has 6 nitrogen and oxygen atoms in total. The second-order valence-corrected chi connectivity index (χ2v) is 8.18. The Morgan fingerprint density at radius 1 is 1.22 bits per heavy atom. The standard InChI is InChI=1S/C24H17ClF5N3O3/c1-35-32-9-8-31-22(34)17-7-6-16(14-4-2-3-5-15(14)17)20-12-23(36-33-20,24(28,29)30)13-10-18(25)21(27)19(26)11-13/h2-7,9-11H,8,12H2,1H3,(H,31,34). The third-order valence-corrected chi connectivity index (χ3v) is 5.92. The normalized spacial score (nSPS) is 17.8. The van der Waals surface area contributed by atoms with Gasteiger partial charge in [-0.25, -0.2) is 8.78 Å². The van der Waals surface area contributed by atoms with Crippen LogP contribution in [0.1, 0.15) is 27.9 Å². The summed E-state index contributed by atoms with van der Waals surface area (Å²) < 4.78 is 70.5. The topological polar surface area (TPSA) is 72.3 Å². The number of rotatable bonds is 6. The lowest BCUT2D eigenvalue weighted by Gasteiger charge is -2.29. The van der Waals surface area contributed by atoms with Gasteiger partial charge in [0.05, 0.1) is 23.5 Å². The zero-order valence-electron chi connectivity index (χ0n) is 18.5. The molecule has 1 heterocycles. The number of benzene rings is 3. The Hall–Kier alpha value is -3.73. The number of carbonyl (C=O) groups is 1. The number of halogens is 6. The maximum absolute atomic E-state index is 14.3. The first-order valence-electron chi connectivity index (χ1n) is 10.4. The summed E-state index contributed by atoms with van der Waals surface area (Å²) in [7, 11) is 1.36. The van der Waals surface area contributed by atoms with E-state index in [0.717, 1.165) is 0 Å². The lowest BCUT2D eigenvalue weighted by molar-refractivity contribution is -0.276.